The van der Waals surface area contributed by atoms with Gasteiger partial charge in [-0.3, -0.25) is 0 Å². The number of carbonyl (C=O) groups is 1. The molecule has 3 N–H and O–H groups in total. The Labute approximate surface area is 137 Å². The van der Waals surface area contributed by atoms with Crippen molar-refractivity contribution in [2.45, 2.75) is 57.5 Å². The molecule has 1 fully saturated rings. The van der Waals surface area contributed by atoms with Crippen molar-refractivity contribution in [3.8, 4) is 0 Å². The van der Waals surface area contributed by atoms with Crippen molar-refractivity contribution in [3.05, 3.63) is 35.6 Å². The molecule has 2 rings (SSSR count). The number of aliphatic hydroxyl groups excluding tert-OH is 1. The predicted octanol–water partition coefficient (Wildman–Crippen LogP) is 3.00. The first kappa shape index (κ1) is 17.7. The van der Waals surface area contributed by atoms with Crippen molar-refractivity contribution in [2.75, 3.05) is 6.61 Å². The molecule has 0 saturated heterocycles. The molecule has 23 heavy (non-hydrogen) atoms. The first-order chi connectivity index (χ1) is 11.1. The van der Waals surface area contributed by atoms with E-state index in [4.69, 9.17) is 5.11 Å². The second kappa shape index (κ2) is 8.87. The van der Waals surface area contributed by atoms with Gasteiger partial charge in [-0.2, -0.15) is 0 Å². The average Bonchev–Trinajstić information content (AvgIpc) is 2.53. The maximum atomic E-state index is 13.1. The van der Waals surface area contributed by atoms with E-state index in [1.807, 2.05) is 13.0 Å². The largest absolute Gasteiger partial charge is 0.396 e. The third-order valence-corrected chi connectivity index (χ3v) is 4.57. The number of carbonyl (C=O) groups excluding carboxylic acids is 1. The lowest BCUT2D eigenvalue weighted by molar-refractivity contribution is 0.174. The van der Waals surface area contributed by atoms with Gasteiger partial charge in [0, 0.05) is 18.7 Å². The smallest absolute Gasteiger partial charge is 0.315 e. The van der Waals surface area contributed by atoms with Gasteiger partial charge in [-0.05, 0) is 69.1 Å². The number of nitrogens with one attached hydrogen (secondary N) is 2. The molecule has 128 valence electrons. The fraction of sp³-hybridized carbons (Fsp3) is 0.611. The minimum absolute atomic E-state index is 0.0343. The summed E-state index contributed by atoms with van der Waals surface area (Å²) in [6.45, 7) is 2.21. The Balaban J connectivity index is 1.66. The zero-order valence-corrected chi connectivity index (χ0v) is 13.7. The highest BCUT2D eigenvalue weighted by atomic mass is 19.1. The standard InChI is InChI=1S/C18H27FN2O2/c1-13(5-6-14-3-2-4-16(19)11-14)20-18(23)21-17-9-7-15(12-22)8-10-17/h2-4,11,13,15,17,22H,5-10,12H2,1H3,(H2,20,21,23). The highest BCUT2D eigenvalue weighted by Crippen LogP contribution is 2.23. The van der Waals surface area contributed by atoms with Gasteiger partial charge in [0.15, 0.2) is 0 Å². The van der Waals surface area contributed by atoms with Crippen LogP contribution in [-0.4, -0.2) is 29.8 Å². The van der Waals surface area contributed by atoms with Crippen molar-refractivity contribution in [1.82, 2.24) is 10.6 Å². The van der Waals surface area contributed by atoms with Crippen LogP contribution in [-0.2, 0) is 6.42 Å². The van der Waals surface area contributed by atoms with E-state index in [0.717, 1.165) is 44.1 Å². The Morgan fingerprint density at radius 1 is 1.35 bits per heavy atom. The summed E-state index contributed by atoms with van der Waals surface area (Å²) in [5.74, 6) is 0.167. The second-order valence-electron chi connectivity index (χ2n) is 6.59. The van der Waals surface area contributed by atoms with Gasteiger partial charge in [-0.25, -0.2) is 9.18 Å². The van der Waals surface area contributed by atoms with E-state index in [-0.39, 0.29) is 30.5 Å². The maximum absolute atomic E-state index is 13.1. The molecule has 2 amide bonds. The van der Waals surface area contributed by atoms with Gasteiger partial charge in [0.25, 0.3) is 0 Å². The van der Waals surface area contributed by atoms with Crippen molar-refractivity contribution >= 4 is 6.03 Å². The summed E-state index contributed by atoms with van der Waals surface area (Å²) in [7, 11) is 0. The van der Waals surface area contributed by atoms with E-state index >= 15 is 0 Å². The highest BCUT2D eigenvalue weighted by molar-refractivity contribution is 5.74. The van der Waals surface area contributed by atoms with Crippen LogP contribution >= 0.6 is 0 Å². The average molecular weight is 322 g/mol. The first-order valence-electron chi connectivity index (χ1n) is 8.49. The van der Waals surface area contributed by atoms with Gasteiger partial charge in [-0.15, -0.1) is 0 Å². The Morgan fingerprint density at radius 2 is 2.09 bits per heavy atom. The topological polar surface area (TPSA) is 61.4 Å². The number of rotatable bonds is 6. The number of urea groups is 1. The first-order valence-corrected chi connectivity index (χ1v) is 8.49. The number of halogens is 1. The van der Waals surface area contributed by atoms with Crippen molar-refractivity contribution < 1.29 is 14.3 Å². The Morgan fingerprint density at radius 3 is 2.74 bits per heavy atom. The van der Waals surface area contributed by atoms with E-state index < -0.39 is 0 Å². The molecule has 0 radical (unpaired) electrons. The summed E-state index contributed by atoms with van der Waals surface area (Å²) >= 11 is 0. The van der Waals surface area contributed by atoms with Crippen molar-refractivity contribution in [3.63, 3.8) is 0 Å². The van der Waals surface area contributed by atoms with Gasteiger partial charge >= 0.3 is 6.03 Å². The zero-order chi connectivity index (χ0) is 16.7. The monoisotopic (exact) mass is 322 g/mol. The minimum atomic E-state index is -0.223. The molecule has 1 aromatic carbocycles. The number of hydrogen-bond donors (Lipinski definition) is 3. The zero-order valence-electron chi connectivity index (χ0n) is 13.7. The number of amides is 2. The predicted molar refractivity (Wildman–Crippen MR) is 88.7 cm³/mol. The summed E-state index contributed by atoms with van der Waals surface area (Å²) < 4.78 is 13.1. The minimum Gasteiger partial charge on any atom is -0.396 e. The second-order valence-corrected chi connectivity index (χ2v) is 6.59. The normalized spacial score (nSPS) is 22.4. The van der Waals surface area contributed by atoms with Crippen LogP contribution in [0.15, 0.2) is 24.3 Å². The van der Waals surface area contributed by atoms with E-state index in [9.17, 15) is 9.18 Å². The van der Waals surface area contributed by atoms with Gasteiger partial charge in [0.2, 0.25) is 0 Å². The molecule has 0 aliphatic heterocycles. The van der Waals surface area contributed by atoms with Crippen LogP contribution in [0, 0.1) is 11.7 Å². The highest BCUT2D eigenvalue weighted by Gasteiger charge is 2.22. The summed E-state index contributed by atoms with van der Waals surface area (Å²) in [5, 5.41) is 15.1. The van der Waals surface area contributed by atoms with E-state index in [1.54, 1.807) is 6.07 Å². The lowest BCUT2D eigenvalue weighted by Gasteiger charge is -2.28. The van der Waals surface area contributed by atoms with Crippen LogP contribution in [0.25, 0.3) is 0 Å². The molecule has 4 nitrogen and oxygen atoms in total. The third kappa shape index (κ3) is 6.18. The fourth-order valence-corrected chi connectivity index (χ4v) is 3.09. The molecule has 1 atom stereocenters. The van der Waals surface area contributed by atoms with Crippen molar-refractivity contribution in [2.24, 2.45) is 5.92 Å². The summed E-state index contributed by atoms with van der Waals surface area (Å²) in [6, 6.07) is 6.67. The van der Waals surface area contributed by atoms with Gasteiger partial charge in [-0.1, -0.05) is 12.1 Å². The molecule has 0 bridgehead atoms. The SMILES string of the molecule is CC(CCc1cccc(F)c1)NC(=O)NC1CCC(CO)CC1. The Hall–Kier alpha value is -1.62. The maximum Gasteiger partial charge on any atom is 0.315 e. The van der Waals surface area contributed by atoms with Crippen LogP contribution < -0.4 is 10.6 Å². The molecule has 1 unspecified atom stereocenters. The molecule has 1 saturated carbocycles. The van der Waals surface area contributed by atoms with Crippen molar-refractivity contribution in [1.29, 1.82) is 0 Å². The van der Waals surface area contributed by atoms with Crippen LogP contribution in [0.1, 0.15) is 44.6 Å². The molecule has 0 spiro atoms. The molecule has 0 heterocycles. The Bertz CT molecular complexity index is 502. The molecule has 1 aliphatic rings. The lowest BCUT2D eigenvalue weighted by atomic mass is 9.87. The van der Waals surface area contributed by atoms with Crippen LogP contribution in [0.4, 0.5) is 9.18 Å². The molecule has 1 aliphatic carbocycles. The van der Waals surface area contributed by atoms with Crippen LogP contribution in [0.3, 0.4) is 0 Å². The van der Waals surface area contributed by atoms with E-state index in [2.05, 4.69) is 10.6 Å². The number of benzene rings is 1. The van der Waals surface area contributed by atoms with Crippen LogP contribution in [0.5, 0.6) is 0 Å². The summed E-state index contributed by atoms with van der Waals surface area (Å²) in [5.41, 5.74) is 0.946. The fourth-order valence-electron chi connectivity index (χ4n) is 3.09. The van der Waals surface area contributed by atoms with Gasteiger partial charge in [0.1, 0.15) is 5.82 Å². The van der Waals surface area contributed by atoms with Gasteiger partial charge < -0.3 is 15.7 Å². The number of aryl methyl sites for hydroxylation is 1. The summed E-state index contributed by atoms with van der Waals surface area (Å²) in [6.07, 6.45) is 5.30. The quantitative estimate of drug-likeness (QED) is 0.754. The molecular weight excluding hydrogens is 295 g/mol. The molecular formula is C18H27FN2O2. The number of aliphatic hydroxyl groups is 1. The van der Waals surface area contributed by atoms with E-state index in [1.165, 1.54) is 12.1 Å². The molecule has 1 aromatic rings. The van der Waals surface area contributed by atoms with Gasteiger partial charge in [0.05, 0.1) is 0 Å². The molecule has 0 aromatic heterocycles. The summed E-state index contributed by atoms with van der Waals surface area (Å²) in [4.78, 5) is 12.0. The van der Waals surface area contributed by atoms with E-state index in [0.29, 0.717) is 5.92 Å². The third-order valence-electron chi connectivity index (χ3n) is 4.57. The molecule has 5 heteroatoms. The Kier molecular flexibility index (Phi) is 6.84. The lowest BCUT2D eigenvalue weighted by Crippen LogP contribution is -2.46. The van der Waals surface area contributed by atoms with Crippen LogP contribution in [0.2, 0.25) is 0 Å². The number of hydrogen-bond acceptors (Lipinski definition) is 2.